The Morgan fingerprint density at radius 1 is 1.02 bits per heavy atom. The number of nitrogens with zero attached hydrogens (tertiary/aromatic N) is 8. The Balaban J connectivity index is 1.07. The smallest absolute Gasteiger partial charge is 0.357 e. The van der Waals surface area contributed by atoms with E-state index in [9.17, 15) is 4.79 Å². The Morgan fingerprint density at radius 3 is 2.59 bits per heavy atom. The van der Waals surface area contributed by atoms with E-state index in [0.29, 0.717) is 37.1 Å². The van der Waals surface area contributed by atoms with Crippen LogP contribution in [-0.4, -0.2) is 98.8 Å². The van der Waals surface area contributed by atoms with E-state index in [-0.39, 0.29) is 23.9 Å². The lowest BCUT2D eigenvalue weighted by molar-refractivity contribution is 0.0593. The van der Waals surface area contributed by atoms with Gasteiger partial charge in [0.25, 0.3) is 0 Å². The molecule has 1 fully saturated rings. The van der Waals surface area contributed by atoms with Gasteiger partial charge in [-0.2, -0.15) is 4.99 Å². The molecule has 2 aliphatic rings. The molecule has 0 N–H and O–H groups in total. The van der Waals surface area contributed by atoms with Crippen molar-refractivity contribution < 1.29 is 23.4 Å². The second-order valence-electron chi connectivity index (χ2n) is 15.6. The number of carbonyl (C=O) groups is 1. The molecule has 2 aliphatic heterocycles. The lowest BCUT2D eigenvalue weighted by atomic mass is 10.0. The summed E-state index contributed by atoms with van der Waals surface area (Å²) < 4.78 is 35.5. The molecule has 12 nitrogen and oxygen atoms in total. The van der Waals surface area contributed by atoms with Gasteiger partial charge in [-0.25, -0.2) is 14.2 Å². The molecule has 0 bridgehead atoms. The van der Waals surface area contributed by atoms with E-state index in [1.807, 2.05) is 30.0 Å². The number of ether oxygens (including phenoxy) is 3. The number of hydrogen-bond acceptors (Lipinski definition) is 13. The second-order valence-corrected chi connectivity index (χ2v) is 23.3. The van der Waals surface area contributed by atoms with Gasteiger partial charge in [0.2, 0.25) is 0 Å². The predicted octanol–water partition coefficient (Wildman–Crippen LogP) is 7.58. The third-order valence-electron chi connectivity index (χ3n) is 10.3. The highest BCUT2D eigenvalue weighted by Crippen LogP contribution is 2.39. The van der Waals surface area contributed by atoms with Crippen LogP contribution < -0.4 is 19.3 Å². The number of aromatic nitrogens is 4. The van der Waals surface area contributed by atoms with E-state index < -0.39 is 14.0 Å². The summed E-state index contributed by atoms with van der Waals surface area (Å²) >= 11 is 3.05. The number of esters is 1. The molecule has 3 aromatic heterocycles. The quantitative estimate of drug-likeness (QED) is 0.0632. The van der Waals surface area contributed by atoms with E-state index in [0.717, 1.165) is 94.2 Å². The fraction of sp³-hybridized carbons (Fsp3) is 0.475. The number of benzene rings is 2. The zero-order chi connectivity index (χ0) is 39.4. The maximum absolute atomic E-state index is 15.0. The van der Waals surface area contributed by atoms with Crippen LogP contribution in [0.3, 0.4) is 0 Å². The highest BCUT2D eigenvalue weighted by Gasteiger charge is 2.29. The summed E-state index contributed by atoms with van der Waals surface area (Å²) in [5.41, 5.74) is 4.25. The van der Waals surface area contributed by atoms with E-state index in [2.05, 4.69) is 58.3 Å². The van der Waals surface area contributed by atoms with Crippen molar-refractivity contribution in [3.63, 3.8) is 0 Å². The third kappa shape index (κ3) is 9.15. The molecule has 0 unspecified atom stereocenters. The molecule has 56 heavy (non-hydrogen) atoms. The summed E-state index contributed by atoms with van der Waals surface area (Å²) in [5, 5.41) is 10.0. The van der Waals surface area contributed by atoms with Crippen LogP contribution in [0.2, 0.25) is 25.7 Å². The predicted molar refractivity (Wildman–Crippen MR) is 225 cm³/mol. The first-order valence-corrected chi connectivity index (χ1v) is 24.6. The molecule has 0 spiro atoms. The number of aryl methyl sites for hydroxylation is 1. The molecule has 0 atom stereocenters. The van der Waals surface area contributed by atoms with Crippen LogP contribution in [0.15, 0.2) is 47.5 Å². The summed E-state index contributed by atoms with van der Waals surface area (Å²) in [5.74, 6) is 0.649. The first kappa shape index (κ1) is 40.0. The monoisotopic (exact) mass is 818 g/mol. The normalized spacial score (nSPS) is 15.4. The maximum atomic E-state index is 15.0. The number of fused-ring (bicyclic) bond motifs is 2. The van der Waals surface area contributed by atoms with Crippen LogP contribution in [-0.2, 0) is 29.0 Å². The lowest BCUT2D eigenvalue weighted by Crippen LogP contribution is -2.44. The van der Waals surface area contributed by atoms with Crippen molar-refractivity contribution in [3.05, 3.63) is 74.8 Å². The number of hydrogen-bond donors (Lipinski definition) is 0. The SMILES string of the molecule is COC(=O)c1nc(N2CCCc3c2nnc(N=c2sc4ccccc4n2COCC[Si](C)(C)C)c3C)sc1CCCOc1ccc(N2CCN(C)CC2)cc1F. The average Bonchev–Trinajstić information content (AvgIpc) is 3.77. The summed E-state index contributed by atoms with van der Waals surface area (Å²) in [6.07, 6.45) is 2.78. The van der Waals surface area contributed by atoms with E-state index in [1.54, 1.807) is 23.5 Å². The topological polar surface area (TPSA) is 110 Å². The van der Waals surface area contributed by atoms with Crippen LogP contribution in [0.25, 0.3) is 10.2 Å². The molecule has 0 radical (unpaired) electrons. The van der Waals surface area contributed by atoms with Crippen molar-refractivity contribution in [1.82, 2.24) is 24.6 Å². The van der Waals surface area contributed by atoms with E-state index in [4.69, 9.17) is 29.3 Å². The molecule has 2 aromatic carbocycles. The minimum atomic E-state index is -1.22. The molecule has 0 aliphatic carbocycles. The molecule has 5 aromatic rings. The van der Waals surface area contributed by atoms with Crippen molar-refractivity contribution in [1.29, 1.82) is 0 Å². The van der Waals surface area contributed by atoms with Gasteiger partial charge in [0, 0.05) is 75.2 Å². The standard InChI is InChI=1S/C40H51FN8O4S2Si/c1-27-29-11-9-17-48(37(29)45-44-36(27)43-40-49(26-52-23-24-56(4,5)6)31-12-7-8-13-33(31)54-40)39-42-35(38(50)51-3)34(55-39)14-10-22-53-32-16-15-28(25-30(32)41)47-20-18-46(2)19-21-47/h7-8,12-13,15-16,25H,9-11,14,17-24,26H2,1-6H3. The van der Waals surface area contributed by atoms with Crippen LogP contribution >= 0.6 is 22.7 Å². The van der Waals surface area contributed by atoms with Gasteiger partial charge in [-0.05, 0) is 70.0 Å². The highest BCUT2D eigenvalue weighted by molar-refractivity contribution is 7.16. The van der Waals surface area contributed by atoms with Crippen molar-refractivity contribution in [3.8, 4) is 5.75 Å². The van der Waals surface area contributed by atoms with Crippen LogP contribution in [0.5, 0.6) is 5.75 Å². The fourth-order valence-corrected chi connectivity index (χ4v) is 9.77. The van der Waals surface area contributed by atoms with Gasteiger partial charge in [-0.15, -0.1) is 21.5 Å². The van der Waals surface area contributed by atoms with E-state index >= 15 is 4.39 Å². The number of methoxy groups -OCH3 is 1. The molecule has 7 rings (SSSR count). The second kappa shape index (κ2) is 17.5. The zero-order valence-corrected chi connectivity index (χ0v) is 35.8. The summed E-state index contributed by atoms with van der Waals surface area (Å²) in [6.45, 7) is 14.8. The van der Waals surface area contributed by atoms with E-state index in [1.165, 1.54) is 18.4 Å². The minimum Gasteiger partial charge on any atom is -0.491 e. The number of halogens is 1. The van der Waals surface area contributed by atoms with Crippen molar-refractivity contribution in [2.75, 3.05) is 69.9 Å². The van der Waals surface area contributed by atoms with Crippen molar-refractivity contribution in [2.24, 2.45) is 4.99 Å². The lowest BCUT2D eigenvalue weighted by Gasteiger charge is -2.34. The van der Waals surface area contributed by atoms with Crippen LogP contribution in [0.4, 0.5) is 26.8 Å². The van der Waals surface area contributed by atoms with Gasteiger partial charge in [0.1, 0.15) is 6.73 Å². The minimum absolute atomic E-state index is 0.221. The van der Waals surface area contributed by atoms with Gasteiger partial charge in [0.05, 0.1) is 23.9 Å². The third-order valence-corrected chi connectivity index (χ3v) is 14.2. The van der Waals surface area contributed by atoms with Crippen LogP contribution in [0.1, 0.15) is 39.3 Å². The molecule has 0 saturated carbocycles. The number of carbonyl (C=O) groups excluding carboxylic acids is 1. The molecular formula is C40H51FN8O4S2Si. The molecule has 298 valence electrons. The summed E-state index contributed by atoms with van der Waals surface area (Å²) in [7, 11) is 2.24. The molecule has 0 amide bonds. The Morgan fingerprint density at radius 2 is 1.82 bits per heavy atom. The zero-order valence-electron chi connectivity index (χ0n) is 33.1. The van der Waals surface area contributed by atoms with Gasteiger partial charge >= 0.3 is 5.97 Å². The Kier molecular flexibility index (Phi) is 12.5. The number of piperazine rings is 1. The Labute approximate surface area is 336 Å². The van der Waals surface area contributed by atoms with Crippen LogP contribution in [0, 0.1) is 12.7 Å². The van der Waals surface area contributed by atoms with Gasteiger partial charge in [0.15, 0.2) is 38.8 Å². The number of rotatable bonds is 14. The summed E-state index contributed by atoms with van der Waals surface area (Å²) in [4.78, 5) is 30.9. The van der Waals surface area contributed by atoms with Gasteiger partial charge in [-0.3, -0.25) is 4.57 Å². The summed E-state index contributed by atoms with van der Waals surface area (Å²) in [6, 6.07) is 14.5. The van der Waals surface area contributed by atoms with Gasteiger partial charge in [-0.1, -0.05) is 43.1 Å². The van der Waals surface area contributed by atoms with Gasteiger partial charge < -0.3 is 28.9 Å². The maximum Gasteiger partial charge on any atom is 0.357 e. The molecule has 5 heterocycles. The molecular weight excluding hydrogens is 768 g/mol. The Bertz CT molecular complexity index is 2250. The number of thiazole rings is 2. The molecule has 16 heteroatoms. The molecule has 1 saturated heterocycles. The first-order chi connectivity index (χ1) is 27.0. The highest BCUT2D eigenvalue weighted by atomic mass is 32.1. The largest absolute Gasteiger partial charge is 0.491 e. The number of para-hydroxylation sites is 1. The van der Waals surface area contributed by atoms with Crippen molar-refractivity contribution >= 4 is 69.4 Å². The number of anilines is 3. The average molecular weight is 819 g/mol. The van der Waals surface area contributed by atoms with Crippen molar-refractivity contribution in [2.45, 2.75) is 65.0 Å². The Hall–Kier alpha value is -4.22. The number of likely N-dealkylation sites (N-methyl/N-ethyl adjacent to an activating group) is 1. The fourth-order valence-electron chi connectivity index (χ4n) is 6.88. The first-order valence-electron chi connectivity index (χ1n) is 19.3.